The van der Waals surface area contributed by atoms with Crippen molar-refractivity contribution in [2.45, 2.75) is 32.0 Å². The Balaban J connectivity index is 1.72. The Bertz CT molecular complexity index is 516. The summed E-state index contributed by atoms with van der Waals surface area (Å²) in [4.78, 5) is 16.6. The monoisotopic (exact) mass is 291 g/mol. The molecule has 5 heteroatoms. The van der Waals surface area contributed by atoms with E-state index in [1.807, 2.05) is 17.9 Å². The zero-order valence-electron chi connectivity index (χ0n) is 12.4. The number of carbonyl (C=O) groups is 1. The van der Waals surface area contributed by atoms with E-state index < -0.39 is 0 Å². The van der Waals surface area contributed by atoms with Gasteiger partial charge in [0.05, 0.1) is 6.04 Å². The lowest BCUT2D eigenvalue weighted by atomic mass is 10.1. The molecule has 114 valence electrons. The molecule has 0 aliphatic carbocycles. The standard InChI is InChI=1S/C16H22FN3O/c1-12-16(21)20(10-9-19-7-2-3-8-19)15(18-12)13-5-4-6-14(17)11-13/h4-6,11-12,15,18H,2-3,7-10H2,1H3. The maximum atomic E-state index is 13.4. The third-order valence-corrected chi connectivity index (χ3v) is 4.39. The lowest BCUT2D eigenvalue weighted by Gasteiger charge is -2.27. The van der Waals surface area contributed by atoms with Crippen molar-refractivity contribution in [2.75, 3.05) is 26.2 Å². The van der Waals surface area contributed by atoms with E-state index in [2.05, 4.69) is 10.2 Å². The van der Waals surface area contributed by atoms with Crippen LogP contribution in [0.2, 0.25) is 0 Å². The Labute approximate surface area is 124 Å². The number of amides is 1. The number of benzene rings is 1. The van der Waals surface area contributed by atoms with Crippen LogP contribution < -0.4 is 5.32 Å². The van der Waals surface area contributed by atoms with Gasteiger partial charge in [0.1, 0.15) is 12.0 Å². The van der Waals surface area contributed by atoms with Crippen molar-refractivity contribution in [3.63, 3.8) is 0 Å². The molecule has 1 aromatic rings. The lowest BCUT2D eigenvalue weighted by molar-refractivity contribution is -0.130. The SMILES string of the molecule is CC1NC(c2cccc(F)c2)N(CCN2CCCC2)C1=O. The number of hydrogen-bond donors (Lipinski definition) is 1. The molecular formula is C16H22FN3O. The molecule has 1 N–H and O–H groups in total. The maximum Gasteiger partial charge on any atom is 0.241 e. The zero-order chi connectivity index (χ0) is 14.8. The number of halogens is 1. The van der Waals surface area contributed by atoms with E-state index in [0.717, 1.165) is 25.2 Å². The van der Waals surface area contributed by atoms with Crippen LogP contribution in [0.4, 0.5) is 4.39 Å². The molecule has 0 saturated carbocycles. The summed E-state index contributed by atoms with van der Waals surface area (Å²) < 4.78 is 13.4. The molecule has 2 unspecified atom stereocenters. The topological polar surface area (TPSA) is 35.6 Å². The zero-order valence-corrected chi connectivity index (χ0v) is 12.4. The van der Waals surface area contributed by atoms with Crippen molar-refractivity contribution in [1.82, 2.24) is 15.1 Å². The van der Waals surface area contributed by atoms with Crippen molar-refractivity contribution in [3.8, 4) is 0 Å². The van der Waals surface area contributed by atoms with E-state index in [4.69, 9.17) is 0 Å². The second kappa shape index (κ2) is 6.12. The Morgan fingerprint density at radius 3 is 2.76 bits per heavy atom. The fourth-order valence-electron chi connectivity index (χ4n) is 3.22. The van der Waals surface area contributed by atoms with Crippen molar-refractivity contribution in [3.05, 3.63) is 35.6 Å². The van der Waals surface area contributed by atoms with Crippen molar-refractivity contribution < 1.29 is 9.18 Å². The number of hydrogen-bond acceptors (Lipinski definition) is 3. The van der Waals surface area contributed by atoms with E-state index in [9.17, 15) is 9.18 Å². The Morgan fingerprint density at radius 1 is 1.29 bits per heavy atom. The first-order valence-corrected chi connectivity index (χ1v) is 7.69. The van der Waals surface area contributed by atoms with Crippen LogP contribution in [0.25, 0.3) is 0 Å². The molecule has 2 fully saturated rings. The van der Waals surface area contributed by atoms with Crippen molar-refractivity contribution in [2.24, 2.45) is 0 Å². The minimum absolute atomic E-state index is 0.100. The van der Waals surface area contributed by atoms with Gasteiger partial charge in [-0.3, -0.25) is 10.1 Å². The van der Waals surface area contributed by atoms with Gasteiger partial charge in [0.15, 0.2) is 0 Å². The first-order valence-electron chi connectivity index (χ1n) is 7.69. The summed E-state index contributed by atoms with van der Waals surface area (Å²) in [5, 5.41) is 3.26. The third-order valence-electron chi connectivity index (χ3n) is 4.39. The first-order chi connectivity index (χ1) is 10.1. The highest BCUT2D eigenvalue weighted by molar-refractivity contribution is 5.84. The molecule has 2 atom stereocenters. The summed E-state index contributed by atoms with van der Waals surface area (Å²) in [6, 6.07) is 6.29. The van der Waals surface area contributed by atoms with Crippen molar-refractivity contribution >= 4 is 5.91 Å². The quantitative estimate of drug-likeness (QED) is 0.918. The normalized spacial score (nSPS) is 26.8. The predicted molar refractivity (Wildman–Crippen MR) is 79.1 cm³/mol. The van der Waals surface area contributed by atoms with E-state index in [0.29, 0.717) is 6.54 Å². The summed E-state index contributed by atoms with van der Waals surface area (Å²) in [7, 11) is 0. The summed E-state index contributed by atoms with van der Waals surface area (Å²) in [6.07, 6.45) is 2.28. The van der Waals surface area contributed by atoms with Gasteiger partial charge in [0.2, 0.25) is 5.91 Å². The Morgan fingerprint density at radius 2 is 2.05 bits per heavy atom. The highest BCUT2D eigenvalue weighted by Gasteiger charge is 2.37. The molecule has 2 aliphatic heterocycles. The highest BCUT2D eigenvalue weighted by atomic mass is 19.1. The molecule has 1 aromatic carbocycles. The van der Waals surface area contributed by atoms with Crippen LogP contribution in [0.3, 0.4) is 0 Å². The minimum atomic E-state index is -0.263. The molecule has 4 nitrogen and oxygen atoms in total. The van der Waals surface area contributed by atoms with Gasteiger partial charge < -0.3 is 9.80 Å². The summed E-state index contributed by atoms with van der Waals surface area (Å²) >= 11 is 0. The van der Waals surface area contributed by atoms with Crippen molar-refractivity contribution in [1.29, 1.82) is 0 Å². The molecule has 2 saturated heterocycles. The molecular weight excluding hydrogens is 269 g/mol. The van der Waals surface area contributed by atoms with Gasteiger partial charge in [-0.1, -0.05) is 12.1 Å². The van der Waals surface area contributed by atoms with Gasteiger partial charge in [-0.05, 0) is 50.6 Å². The van der Waals surface area contributed by atoms with Gasteiger partial charge >= 0.3 is 0 Å². The molecule has 0 bridgehead atoms. The van der Waals surface area contributed by atoms with Gasteiger partial charge in [-0.2, -0.15) is 0 Å². The number of nitrogens with zero attached hydrogens (tertiary/aromatic N) is 2. The van der Waals surface area contributed by atoms with Crippen LogP contribution in [0.1, 0.15) is 31.5 Å². The average molecular weight is 291 g/mol. The molecule has 0 spiro atoms. The molecule has 3 rings (SSSR count). The number of likely N-dealkylation sites (tertiary alicyclic amines) is 1. The minimum Gasteiger partial charge on any atom is -0.320 e. The predicted octanol–water partition coefficient (Wildman–Crippen LogP) is 1.74. The van der Waals surface area contributed by atoms with Crippen LogP contribution in [0, 0.1) is 5.82 Å². The van der Waals surface area contributed by atoms with E-state index in [-0.39, 0.29) is 23.9 Å². The van der Waals surface area contributed by atoms with Crippen LogP contribution in [-0.2, 0) is 4.79 Å². The second-order valence-electron chi connectivity index (χ2n) is 5.93. The molecule has 0 radical (unpaired) electrons. The smallest absolute Gasteiger partial charge is 0.241 e. The maximum absolute atomic E-state index is 13.4. The van der Waals surface area contributed by atoms with E-state index in [1.165, 1.54) is 25.0 Å². The average Bonchev–Trinajstić information content (AvgIpc) is 3.07. The van der Waals surface area contributed by atoms with E-state index >= 15 is 0 Å². The molecule has 21 heavy (non-hydrogen) atoms. The summed E-state index contributed by atoms with van der Waals surface area (Å²) in [5.74, 6) is -0.163. The van der Waals surface area contributed by atoms with Crippen LogP contribution in [0.5, 0.6) is 0 Å². The Hall–Kier alpha value is -1.46. The van der Waals surface area contributed by atoms with Gasteiger partial charge in [-0.25, -0.2) is 4.39 Å². The number of nitrogens with one attached hydrogen (secondary N) is 1. The van der Waals surface area contributed by atoms with E-state index in [1.54, 1.807) is 6.07 Å². The lowest BCUT2D eigenvalue weighted by Crippen LogP contribution is -2.37. The Kier molecular flexibility index (Phi) is 4.22. The first kappa shape index (κ1) is 14.5. The van der Waals surface area contributed by atoms with Crippen LogP contribution >= 0.6 is 0 Å². The summed E-state index contributed by atoms with van der Waals surface area (Å²) in [5.41, 5.74) is 0.814. The number of rotatable bonds is 4. The van der Waals surface area contributed by atoms with Gasteiger partial charge in [-0.15, -0.1) is 0 Å². The molecule has 2 heterocycles. The third kappa shape index (κ3) is 3.09. The highest BCUT2D eigenvalue weighted by Crippen LogP contribution is 2.25. The van der Waals surface area contributed by atoms with Crippen LogP contribution in [0.15, 0.2) is 24.3 Å². The molecule has 0 aromatic heterocycles. The fraction of sp³-hybridized carbons (Fsp3) is 0.562. The summed E-state index contributed by atoms with van der Waals surface area (Å²) in [6.45, 7) is 5.69. The van der Waals surface area contributed by atoms with Crippen LogP contribution in [-0.4, -0.2) is 47.9 Å². The molecule has 1 amide bonds. The van der Waals surface area contributed by atoms with Gasteiger partial charge in [0.25, 0.3) is 0 Å². The molecule has 2 aliphatic rings. The second-order valence-corrected chi connectivity index (χ2v) is 5.93. The van der Waals surface area contributed by atoms with Gasteiger partial charge in [0, 0.05) is 13.1 Å². The fourth-order valence-corrected chi connectivity index (χ4v) is 3.22. The number of carbonyl (C=O) groups excluding carboxylic acids is 1. The largest absolute Gasteiger partial charge is 0.320 e.